The quantitative estimate of drug-likeness (QED) is 0.641. The summed E-state index contributed by atoms with van der Waals surface area (Å²) in [5.74, 6) is 0. The molecule has 3 rings (SSSR count). The number of benzene rings is 3. The van der Waals surface area contributed by atoms with E-state index in [9.17, 15) is 0 Å². The van der Waals surface area contributed by atoms with Crippen LogP contribution in [-0.4, -0.2) is 11.2 Å². The first-order valence-corrected chi connectivity index (χ1v) is 10.3. The van der Waals surface area contributed by atoms with E-state index in [1.807, 2.05) is 0 Å². The van der Waals surface area contributed by atoms with Crippen LogP contribution >= 0.6 is 0 Å². The van der Waals surface area contributed by atoms with Crippen LogP contribution in [0.5, 0.6) is 0 Å². The Bertz CT molecular complexity index is 706. The van der Waals surface area contributed by atoms with E-state index < -0.39 is 10.2 Å². The van der Waals surface area contributed by atoms with Gasteiger partial charge in [0.1, 0.15) is 17.1 Å². The van der Waals surface area contributed by atoms with Crippen LogP contribution in [0.4, 0.5) is 17.1 Å². The number of rotatable bonds is 6. The average molecular weight is 403 g/mol. The Kier molecular flexibility index (Phi) is 8.14. The second-order valence-electron chi connectivity index (χ2n) is 6.29. The van der Waals surface area contributed by atoms with Gasteiger partial charge in [0.2, 0.25) is 0 Å². The van der Waals surface area contributed by atoms with Crippen LogP contribution in [0.3, 0.4) is 0 Å². The van der Waals surface area contributed by atoms with Crippen molar-refractivity contribution in [2.24, 2.45) is 0 Å². The molecule has 6 heteroatoms. The fraction of sp³-hybridized carbons (Fsp3) is 0.182. The van der Waals surface area contributed by atoms with Gasteiger partial charge in [-0.15, -0.1) is 0 Å². The highest BCUT2D eigenvalue weighted by Gasteiger charge is 2.35. The number of unbranched alkanes of at least 4 members (excludes halogenated alkanes) is 1. The van der Waals surface area contributed by atoms with Gasteiger partial charge in [-0.05, 0) is 42.8 Å². The summed E-state index contributed by atoms with van der Waals surface area (Å²) in [5, 5.41) is 0. The van der Waals surface area contributed by atoms with E-state index in [-0.39, 0.29) is 0 Å². The van der Waals surface area contributed by atoms with Crippen LogP contribution in [0.15, 0.2) is 91.0 Å². The number of para-hydroxylation sites is 3. The number of nitrogens with zero attached hydrogens (tertiary/aromatic N) is 1. The molecule has 0 spiro atoms. The summed E-state index contributed by atoms with van der Waals surface area (Å²) in [6.07, 6.45) is 2.37. The highest BCUT2D eigenvalue weighted by Crippen LogP contribution is 2.43. The summed E-state index contributed by atoms with van der Waals surface area (Å²) in [5.41, 5.74) is 3.95. The molecule has 1 N–H and O–H groups in total. The summed E-state index contributed by atoms with van der Waals surface area (Å²) >= 11 is 0. The van der Waals surface area contributed by atoms with E-state index in [1.165, 1.54) is 29.9 Å². The summed E-state index contributed by atoms with van der Waals surface area (Å²) in [7, 11) is -4.69. The molecule has 148 valence electrons. The lowest BCUT2D eigenvalue weighted by molar-refractivity contribution is -1.92. The molecular formula is C22H25ClNO4+. The third-order valence-corrected chi connectivity index (χ3v) is 4.44. The van der Waals surface area contributed by atoms with Gasteiger partial charge in [0, 0.05) is 0 Å². The molecule has 0 bridgehead atoms. The van der Waals surface area contributed by atoms with Crippen molar-refractivity contribution < 1.29 is 28.9 Å². The molecule has 0 aliphatic carbocycles. The van der Waals surface area contributed by atoms with Gasteiger partial charge < -0.3 is 0 Å². The highest BCUT2D eigenvalue weighted by molar-refractivity contribution is 5.70. The lowest BCUT2D eigenvalue weighted by Gasteiger charge is -2.37. The molecule has 0 aromatic heterocycles. The van der Waals surface area contributed by atoms with Crippen molar-refractivity contribution in [2.45, 2.75) is 19.8 Å². The maximum absolute atomic E-state index is 8.60. The Morgan fingerprint density at radius 3 is 1.21 bits per heavy atom. The first-order chi connectivity index (χ1) is 13.4. The molecule has 0 heterocycles. The van der Waals surface area contributed by atoms with Crippen molar-refractivity contribution in [1.82, 2.24) is 4.48 Å². The average Bonchev–Trinajstić information content (AvgIpc) is 2.70. The molecule has 5 nitrogen and oxygen atoms in total. The number of quaternary nitrogens is 1. The van der Waals surface area contributed by atoms with Gasteiger partial charge in [-0.1, -0.05) is 67.9 Å². The summed E-state index contributed by atoms with van der Waals surface area (Å²) in [4.78, 5) is 0. The van der Waals surface area contributed by atoms with Gasteiger partial charge in [0.05, 0.1) is 21.4 Å². The fourth-order valence-corrected chi connectivity index (χ4v) is 3.28. The Balaban J connectivity index is 0.000000500. The number of hydrogen-bond acceptors (Lipinski definition) is 4. The molecule has 28 heavy (non-hydrogen) atoms. The summed E-state index contributed by atoms with van der Waals surface area (Å²) in [6, 6.07) is 32.6. The van der Waals surface area contributed by atoms with Gasteiger partial charge in [-0.25, -0.2) is 4.48 Å². The van der Waals surface area contributed by atoms with Gasteiger partial charge in [-0.2, -0.15) is 14.0 Å². The second kappa shape index (κ2) is 10.3. The van der Waals surface area contributed by atoms with Crippen molar-refractivity contribution in [3.05, 3.63) is 91.0 Å². The smallest absolute Gasteiger partial charge is 0.143 e. The van der Waals surface area contributed by atoms with Gasteiger partial charge in [0.15, 0.2) is 0 Å². The molecule has 0 aliphatic rings. The number of hydrogen-bond donors (Lipinski definition) is 1. The van der Waals surface area contributed by atoms with Crippen LogP contribution < -0.4 is 18.5 Å². The van der Waals surface area contributed by atoms with E-state index in [1.54, 1.807) is 0 Å². The van der Waals surface area contributed by atoms with Crippen LogP contribution in [0.25, 0.3) is 0 Å². The first-order valence-electron chi connectivity index (χ1n) is 9.06. The lowest BCUT2D eigenvalue weighted by Crippen LogP contribution is -2.58. The minimum absolute atomic E-state index is 0.774. The Labute approximate surface area is 168 Å². The normalized spacial score (nSPS) is 11.5. The maximum Gasteiger partial charge on any atom is 0.143 e. The first kappa shape index (κ1) is 22.0. The van der Waals surface area contributed by atoms with Crippen molar-refractivity contribution in [3.63, 3.8) is 0 Å². The van der Waals surface area contributed by atoms with Crippen molar-refractivity contribution >= 4 is 17.1 Å². The molecule has 0 radical (unpaired) electrons. The second-order valence-corrected chi connectivity index (χ2v) is 7.08. The van der Waals surface area contributed by atoms with Gasteiger partial charge in [-0.3, -0.25) is 0 Å². The van der Waals surface area contributed by atoms with Crippen LogP contribution in [0.2, 0.25) is 0 Å². The van der Waals surface area contributed by atoms with Crippen LogP contribution in [-0.2, 0) is 0 Å². The largest absolute Gasteiger partial charge is 0.227 e. The predicted molar refractivity (Wildman–Crippen MR) is 102 cm³/mol. The van der Waals surface area contributed by atoms with E-state index in [0.29, 0.717) is 0 Å². The third-order valence-electron chi connectivity index (χ3n) is 4.44. The maximum atomic E-state index is 8.60. The van der Waals surface area contributed by atoms with Crippen LogP contribution in [0.1, 0.15) is 19.8 Å². The molecule has 3 aromatic carbocycles. The SMILES string of the molecule is CCCC[N+](c1ccccc1)(c1ccccc1)c1ccccc1.[O-][Cl+3]([O-])([O-])O. The predicted octanol–water partition coefficient (Wildman–Crippen LogP) is 2.33. The monoisotopic (exact) mass is 402 g/mol. The fourth-order valence-electron chi connectivity index (χ4n) is 3.28. The molecule has 0 atom stereocenters. The molecule has 3 aromatic rings. The highest BCUT2D eigenvalue weighted by atomic mass is 35.7. The van der Waals surface area contributed by atoms with Crippen molar-refractivity contribution in [3.8, 4) is 0 Å². The molecule has 0 saturated heterocycles. The van der Waals surface area contributed by atoms with Crippen molar-refractivity contribution in [2.75, 3.05) is 6.54 Å². The molecule has 0 unspecified atom stereocenters. The molecule has 0 fully saturated rings. The standard InChI is InChI=1S/C22H24N.ClHO4/c1-2-3-19-23(20-13-7-4-8-14-20,21-15-9-5-10-16-21)22-17-11-6-12-18-22;2-1(3,4)5/h4-18H,2-3,19H2,1H3;(H,2,3,4,5)/q+1;. The minimum Gasteiger partial charge on any atom is -0.227 e. The summed E-state index contributed by atoms with van der Waals surface area (Å²) in [6.45, 7) is 3.32. The van der Waals surface area contributed by atoms with Gasteiger partial charge in [0.25, 0.3) is 0 Å². The third kappa shape index (κ3) is 6.14. The molecule has 0 amide bonds. The lowest BCUT2D eigenvalue weighted by atomic mass is 10.1. The zero-order valence-electron chi connectivity index (χ0n) is 15.8. The molecular weight excluding hydrogens is 378 g/mol. The molecule has 0 aliphatic heterocycles. The van der Waals surface area contributed by atoms with Gasteiger partial charge >= 0.3 is 0 Å². The zero-order chi connectivity index (χ0) is 20.5. The topological polar surface area (TPSA) is 89.4 Å². The van der Waals surface area contributed by atoms with Crippen LogP contribution in [0, 0.1) is 10.2 Å². The zero-order valence-corrected chi connectivity index (χ0v) is 16.5. The van der Waals surface area contributed by atoms with E-state index in [4.69, 9.17) is 18.6 Å². The Hall–Kier alpha value is -2.25. The van der Waals surface area contributed by atoms with Crippen molar-refractivity contribution in [1.29, 1.82) is 0 Å². The summed E-state index contributed by atoms with van der Waals surface area (Å²) < 4.78 is 33.5. The van der Waals surface area contributed by atoms with E-state index in [0.717, 1.165) is 11.0 Å². The minimum atomic E-state index is -4.69. The van der Waals surface area contributed by atoms with E-state index >= 15 is 0 Å². The Morgan fingerprint density at radius 1 is 0.679 bits per heavy atom. The molecule has 0 saturated carbocycles. The van der Waals surface area contributed by atoms with E-state index in [2.05, 4.69) is 97.9 Å². The Morgan fingerprint density at radius 2 is 0.964 bits per heavy atom. The number of halogens is 1.